The molecule has 0 fully saturated rings. The molecule has 0 radical (unpaired) electrons. The highest BCUT2D eigenvalue weighted by Crippen LogP contribution is 2.14. The molecule has 0 saturated heterocycles. The average Bonchev–Trinajstić information content (AvgIpc) is 3.06. The predicted molar refractivity (Wildman–Crippen MR) is 86.9 cm³/mol. The van der Waals surface area contributed by atoms with Crippen LogP contribution in [0.15, 0.2) is 54.7 Å². The fraction of sp³-hybridized carbons (Fsp3) is 0.118. The number of hydrogen-bond acceptors (Lipinski definition) is 4. The zero-order chi connectivity index (χ0) is 16.9. The van der Waals surface area contributed by atoms with Crippen molar-refractivity contribution in [2.75, 3.05) is 11.9 Å². The van der Waals surface area contributed by atoms with E-state index in [1.807, 2.05) is 6.92 Å². The minimum Gasteiger partial charge on any atom is -0.478 e. The molecule has 1 amide bonds. The van der Waals surface area contributed by atoms with Crippen LogP contribution in [0.2, 0.25) is 0 Å². The van der Waals surface area contributed by atoms with Crippen molar-refractivity contribution in [1.29, 1.82) is 0 Å². The van der Waals surface area contributed by atoms with Crippen LogP contribution >= 0.6 is 0 Å². The van der Waals surface area contributed by atoms with Gasteiger partial charge < -0.3 is 10.1 Å². The third-order valence-corrected chi connectivity index (χ3v) is 3.18. The molecule has 6 nitrogen and oxygen atoms in total. The number of anilines is 1. The number of pyridine rings is 1. The Bertz CT molecular complexity index is 863. The molecule has 2 heterocycles. The number of benzene rings is 1. The Morgan fingerprint density at radius 3 is 2.83 bits per heavy atom. The molecule has 2 aromatic heterocycles. The van der Waals surface area contributed by atoms with Crippen LogP contribution in [0.5, 0.6) is 5.88 Å². The maximum absolute atomic E-state index is 13.8. The van der Waals surface area contributed by atoms with Crippen molar-refractivity contribution in [1.82, 2.24) is 14.8 Å². The fourth-order valence-corrected chi connectivity index (χ4v) is 2.11. The van der Waals surface area contributed by atoms with E-state index < -0.39 is 11.7 Å². The standard InChI is InChI=1S/C17H15FN4O2/c1-2-24-16-9-5-8-15(19-16)20-17(23)13-10-11-22(21-13)14-7-4-3-6-12(14)18/h3-11H,2H2,1H3,(H,19,20,23). The first-order valence-corrected chi connectivity index (χ1v) is 7.39. The van der Waals surface area contributed by atoms with Crippen molar-refractivity contribution in [3.63, 3.8) is 0 Å². The van der Waals surface area contributed by atoms with Crippen LogP contribution in [0.1, 0.15) is 17.4 Å². The van der Waals surface area contributed by atoms with Gasteiger partial charge in [-0.3, -0.25) is 4.79 Å². The molecule has 3 rings (SSSR count). The van der Waals surface area contributed by atoms with Crippen molar-refractivity contribution < 1.29 is 13.9 Å². The summed E-state index contributed by atoms with van der Waals surface area (Å²) >= 11 is 0. The van der Waals surface area contributed by atoms with Crippen LogP contribution in [-0.4, -0.2) is 27.3 Å². The van der Waals surface area contributed by atoms with Gasteiger partial charge in [0.1, 0.15) is 17.3 Å². The largest absolute Gasteiger partial charge is 0.478 e. The van der Waals surface area contributed by atoms with Gasteiger partial charge in [0.15, 0.2) is 5.69 Å². The molecular formula is C17H15FN4O2. The lowest BCUT2D eigenvalue weighted by Crippen LogP contribution is -2.14. The summed E-state index contributed by atoms with van der Waals surface area (Å²) in [6.07, 6.45) is 1.53. The molecule has 0 saturated carbocycles. The molecule has 0 aliphatic carbocycles. The Labute approximate surface area is 137 Å². The third-order valence-electron chi connectivity index (χ3n) is 3.18. The zero-order valence-electron chi connectivity index (χ0n) is 12.9. The van der Waals surface area contributed by atoms with E-state index in [4.69, 9.17) is 4.74 Å². The van der Waals surface area contributed by atoms with Gasteiger partial charge in [0.25, 0.3) is 5.91 Å². The van der Waals surface area contributed by atoms with E-state index in [1.165, 1.54) is 23.0 Å². The van der Waals surface area contributed by atoms with Crippen LogP contribution in [0.25, 0.3) is 5.69 Å². The fourth-order valence-electron chi connectivity index (χ4n) is 2.11. The van der Waals surface area contributed by atoms with Crippen LogP contribution in [0.3, 0.4) is 0 Å². The van der Waals surface area contributed by atoms with E-state index in [-0.39, 0.29) is 11.4 Å². The van der Waals surface area contributed by atoms with Crippen LogP contribution < -0.4 is 10.1 Å². The average molecular weight is 326 g/mol. The predicted octanol–water partition coefficient (Wildman–Crippen LogP) is 3.06. The number of rotatable bonds is 5. The number of para-hydroxylation sites is 1. The second-order valence-electron chi connectivity index (χ2n) is 4.85. The van der Waals surface area contributed by atoms with Crippen LogP contribution in [0.4, 0.5) is 10.2 Å². The first-order chi connectivity index (χ1) is 11.7. The molecule has 7 heteroatoms. The highest BCUT2D eigenvalue weighted by molar-refractivity contribution is 6.02. The normalized spacial score (nSPS) is 10.4. The second kappa shape index (κ2) is 6.91. The summed E-state index contributed by atoms with van der Waals surface area (Å²) in [6, 6.07) is 12.8. The zero-order valence-corrected chi connectivity index (χ0v) is 12.9. The summed E-state index contributed by atoms with van der Waals surface area (Å²) < 4.78 is 20.4. The van der Waals surface area contributed by atoms with E-state index >= 15 is 0 Å². The highest BCUT2D eigenvalue weighted by Gasteiger charge is 2.13. The minimum absolute atomic E-state index is 0.155. The first kappa shape index (κ1) is 15.7. The van der Waals surface area contributed by atoms with Gasteiger partial charge in [0.2, 0.25) is 5.88 Å². The molecular weight excluding hydrogens is 311 g/mol. The van der Waals surface area contributed by atoms with E-state index in [0.29, 0.717) is 18.3 Å². The summed E-state index contributed by atoms with van der Waals surface area (Å²) in [4.78, 5) is 16.4. The summed E-state index contributed by atoms with van der Waals surface area (Å²) in [6.45, 7) is 2.33. The third kappa shape index (κ3) is 3.40. The van der Waals surface area contributed by atoms with Gasteiger partial charge in [-0.1, -0.05) is 18.2 Å². The number of aromatic nitrogens is 3. The number of carbonyl (C=O) groups excluding carboxylic acids is 1. The number of nitrogens with zero attached hydrogens (tertiary/aromatic N) is 3. The number of halogens is 1. The smallest absolute Gasteiger partial charge is 0.277 e. The number of hydrogen-bond donors (Lipinski definition) is 1. The lowest BCUT2D eigenvalue weighted by Gasteiger charge is -2.06. The van der Waals surface area contributed by atoms with E-state index in [1.54, 1.807) is 36.4 Å². The molecule has 24 heavy (non-hydrogen) atoms. The Morgan fingerprint density at radius 2 is 2.04 bits per heavy atom. The van der Waals surface area contributed by atoms with Gasteiger partial charge in [0, 0.05) is 12.3 Å². The highest BCUT2D eigenvalue weighted by atomic mass is 19.1. The monoisotopic (exact) mass is 326 g/mol. The van der Waals surface area contributed by atoms with Gasteiger partial charge in [0.05, 0.1) is 6.61 Å². The number of carbonyl (C=O) groups is 1. The van der Waals surface area contributed by atoms with Gasteiger partial charge in [-0.15, -0.1) is 0 Å². The van der Waals surface area contributed by atoms with Gasteiger partial charge in [-0.05, 0) is 31.2 Å². The number of amides is 1. The molecule has 0 spiro atoms. The molecule has 0 aliphatic heterocycles. The van der Waals surface area contributed by atoms with Gasteiger partial charge in [-0.25, -0.2) is 9.07 Å². The van der Waals surface area contributed by atoms with E-state index in [0.717, 1.165) is 0 Å². The van der Waals surface area contributed by atoms with Gasteiger partial charge in [-0.2, -0.15) is 10.1 Å². The topological polar surface area (TPSA) is 69.0 Å². The molecule has 1 N–H and O–H groups in total. The minimum atomic E-state index is -0.439. The molecule has 0 atom stereocenters. The molecule has 0 aliphatic rings. The summed E-state index contributed by atoms with van der Waals surface area (Å²) in [7, 11) is 0. The van der Waals surface area contributed by atoms with Crippen LogP contribution in [-0.2, 0) is 0 Å². The second-order valence-corrected chi connectivity index (χ2v) is 4.85. The summed E-state index contributed by atoms with van der Waals surface area (Å²) in [5.74, 6) is -0.0801. The maximum atomic E-state index is 13.8. The molecule has 122 valence electrons. The van der Waals surface area contributed by atoms with E-state index in [2.05, 4.69) is 15.4 Å². The Balaban J connectivity index is 1.77. The summed E-state index contributed by atoms with van der Waals surface area (Å²) in [5.41, 5.74) is 0.426. The van der Waals surface area contributed by atoms with Crippen molar-refractivity contribution in [2.45, 2.75) is 6.92 Å². The lowest BCUT2D eigenvalue weighted by molar-refractivity contribution is 0.102. The van der Waals surface area contributed by atoms with Gasteiger partial charge >= 0.3 is 0 Å². The van der Waals surface area contributed by atoms with E-state index in [9.17, 15) is 9.18 Å². The Morgan fingerprint density at radius 1 is 1.21 bits per heavy atom. The molecule has 0 bridgehead atoms. The molecule has 3 aromatic rings. The molecule has 0 unspecified atom stereocenters. The summed E-state index contributed by atoms with van der Waals surface area (Å²) in [5, 5.41) is 6.74. The van der Waals surface area contributed by atoms with Crippen LogP contribution in [0, 0.1) is 5.82 Å². The number of ether oxygens (including phenoxy) is 1. The lowest BCUT2D eigenvalue weighted by atomic mass is 10.3. The van der Waals surface area contributed by atoms with Crippen molar-refractivity contribution in [3.05, 3.63) is 66.2 Å². The van der Waals surface area contributed by atoms with Crippen molar-refractivity contribution >= 4 is 11.7 Å². The first-order valence-electron chi connectivity index (χ1n) is 7.39. The van der Waals surface area contributed by atoms with Crippen molar-refractivity contribution in [3.8, 4) is 11.6 Å². The maximum Gasteiger partial charge on any atom is 0.277 e. The van der Waals surface area contributed by atoms with Crippen molar-refractivity contribution in [2.24, 2.45) is 0 Å². The Hall–Kier alpha value is -3.22. The molecule has 1 aromatic carbocycles. The number of nitrogens with one attached hydrogen (secondary N) is 1. The Kier molecular flexibility index (Phi) is 4.51. The quantitative estimate of drug-likeness (QED) is 0.782. The SMILES string of the molecule is CCOc1cccc(NC(=O)c2ccn(-c3ccccc3F)n2)n1.